The summed E-state index contributed by atoms with van der Waals surface area (Å²) in [6, 6.07) is 6.80. The second-order valence-corrected chi connectivity index (χ2v) is 7.04. The van der Waals surface area contributed by atoms with Crippen molar-refractivity contribution >= 4 is 22.6 Å². The van der Waals surface area contributed by atoms with Gasteiger partial charge in [-0.25, -0.2) is 0 Å². The van der Waals surface area contributed by atoms with Gasteiger partial charge >= 0.3 is 0 Å². The highest BCUT2D eigenvalue weighted by atomic mass is 32.2. The number of thioether (sulfide) groups is 1. The summed E-state index contributed by atoms with van der Waals surface area (Å²) in [4.78, 5) is 4.59. The van der Waals surface area contributed by atoms with Crippen LogP contribution in [0.25, 0.3) is 0 Å². The van der Waals surface area contributed by atoms with Gasteiger partial charge in [0.25, 0.3) is 0 Å². The number of aliphatic imine (C=N–C) groups is 1. The van der Waals surface area contributed by atoms with E-state index in [0.717, 1.165) is 42.6 Å². The van der Waals surface area contributed by atoms with Gasteiger partial charge in [0.05, 0.1) is 18.4 Å². The zero-order valence-electron chi connectivity index (χ0n) is 12.7. The molecule has 1 aliphatic carbocycles. The molecule has 0 saturated carbocycles. The maximum Gasteiger partial charge on any atom is 0.177 e. The molecule has 0 bridgehead atoms. The predicted molar refractivity (Wildman–Crippen MR) is 91.9 cm³/mol. The summed E-state index contributed by atoms with van der Waals surface area (Å²) in [5, 5.41) is 5.44. The van der Waals surface area contributed by atoms with Crippen molar-refractivity contribution < 1.29 is 4.74 Å². The minimum Gasteiger partial charge on any atom is -0.376 e. The van der Waals surface area contributed by atoms with Crippen LogP contribution in [0.2, 0.25) is 0 Å². The van der Waals surface area contributed by atoms with Gasteiger partial charge in [0.1, 0.15) is 0 Å². The van der Waals surface area contributed by atoms with Crippen molar-refractivity contribution in [2.75, 3.05) is 18.9 Å². The molecule has 1 aromatic carbocycles. The molecule has 2 aliphatic heterocycles. The summed E-state index contributed by atoms with van der Waals surface area (Å²) >= 11 is 1.74. The van der Waals surface area contributed by atoms with Crippen LogP contribution in [0.15, 0.2) is 28.3 Å². The number of ether oxygens (including phenoxy) is 1. The summed E-state index contributed by atoms with van der Waals surface area (Å²) in [5.74, 6) is 0.885. The van der Waals surface area contributed by atoms with Gasteiger partial charge in [0.2, 0.25) is 0 Å². The molecule has 3 aliphatic rings. The SMILES string of the molecule is c1cc2c(cc1C1=NNC(=NCC3CCCO3)SC1)CCC2. The molecule has 22 heavy (non-hydrogen) atoms. The van der Waals surface area contributed by atoms with E-state index in [1.165, 1.54) is 36.0 Å². The van der Waals surface area contributed by atoms with Crippen molar-refractivity contribution in [2.24, 2.45) is 10.1 Å². The van der Waals surface area contributed by atoms with Crippen LogP contribution < -0.4 is 5.43 Å². The zero-order chi connectivity index (χ0) is 14.8. The first-order chi connectivity index (χ1) is 10.9. The Morgan fingerprint density at radius 2 is 2.23 bits per heavy atom. The smallest absolute Gasteiger partial charge is 0.177 e. The Balaban J connectivity index is 1.41. The minimum atomic E-state index is 0.303. The number of benzene rings is 1. The highest BCUT2D eigenvalue weighted by Crippen LogP contribution is 2.24. The van der Waals surface area contributed by atoms with Gasteiger partial charge in [-0.1, -0.05) is 23.9 Å². The quantitative estimate of drug-likeness (QED) is 0.933. The maximum absolute atomic E-state index is 5.60. The molecule has 1 unspecified atom stereocenters. The van der Waals surface area contributed by atoms with E-state index >= 15 is 0 Å². The normalized spacial score (nSPS) is 25.9. The van der Waals surface area contributed by atoms with Crippen LogP contribution in [0.1, 0.15) is 36.0 Å². The largest absolute Gasteiger partial charge is 0.376 e. The maximum atomic E-state index is 5.60. The fraction of sp³-hybridized carbons (Fsp3) is 0.529. The van der Waals surface area contributed by atoms with E-state index in [1.807, 2.05) is 0 Å². The van der Waals surface area contributed by atoms with Gasteiger partial charge in [-0.2, -0.15) is 5.10 Å². The molecular formula is C17H21N3OS. The molecule has 4 rings (SSSR count). The van der Waals surface area contributed by atoms with E-state index in [0.29, 0.717) is 6.10 Å². The zero-order valence-corrected chi connectivity index (χ0v) is 13.5. The molecule has 5 heteroatoms. The summed E-state index contributed by atoms with van der Waals surface area (Å²) in [6.07, 6.45) is 6.33. The number of rotatable bonds is 3. The second kappa shape index (κ2) is 6.42. The third-order valence-corrected chi connectivity index (χ3v) is 5.44. The lowest BCUT2D eigenvalue weighted by atomic mass is 10.0. The Labute approximate surface area is 135 Å². The molecule has 1 fully saturated rings. The van der Waals surface area contributed by atoms with Crippen molar-refractivity contribution in [3.63, 3.8) is 0 Å². The first-order valence-electron chi connectivity index (χ1n) is 8.12. The van der Waals surface area contributed by atoms with E-state index in [9.17, 15) is 0 Å². The molecule has 0 spiro atoms. The van der Waals surface area contributed by atoms with Crippen LogP contribution >= 0.6 is 11.8 Å². The Bertz CT molecular complexity index is 620. The van der Waals surface area contributed by atoms with E-state index < -0.39 is 0 Å². The molecule has 116 valence electrons. The molecule has 0 aromatic heterocycles. The van der Waals surface area contributed by atoms with Gasteiger partial charge in [0.15, 0.2) is 5.17 Å². The lowest BCUT2D eigenvalue weighted by molar-refractivity contribution is 0.118. The fourth-order valence-electron chi connectivity index (χ4n) is 3.27. The van der Waals surface area contributed by atoms with Crippen molar-refractivity contribution in [3.8, 4) is 0 Å². The number of hydrazone groups is 1. The van der Waals surface area contributed by atoms with Crippen molar-refractivity contribution in [1.29, 1.82) is 0 Å². The molecule has 4 nitrogen and oxygen atoms in total. The fourth-order valence-corrected chi connectivity index (χ4v) is 4.05. The number of hydrogen-bond donors (Lipinski definition) is 1. The average molecular weight is 315 g/mol. The third-order valence-electron chi connectivity index (χ3n) is 4.53. The van der Waals surface area contributed by atoms with Crippen molar-refractivity contribution in [1.82, 2.24) is 5.43 Å². The Morgan fingerprint density at radius 3 is 3.05 bits per heavy atom. The lowest BCUT2D eigenvalue weighted by Crippen LogP contribution is -2.26. The van der Waals surface area contributed by atoms with E-state index in [-0.39, 0.29) is 0 Å². The number of amidine groups is 1. The van der Waals surface area contributed by atoms with Crippen molar-refractivity contribution in [3.05, 3.63) is 34.9 Å². The Kier molecular flexibility index (Phi) is 4.17. The summed E-state index contributed by atoms with van der Waals surface area (Å²) in [6.45, 7) is 1.63. The Hall–Kier alpha value is -1.33. The lowest BCUT2D eigenvalue weighted by Gasteiger charge is -2.16. The van der Waals surface area contributed by atoms with Crippen LogP contribution in [-0.2, 0) is 17.6 Å². The number of aryl methyl sites for hydroxylation is 2. The second-order valence-electron chi connectivity index (χ2n) is 6.08. The van der Waals surface area contributed by atoms with Crippen LogP contribution in [0.3, 0.4) is 0 Å². The molecule has 1 atom stereocenters. The van der Waals surface area contributed by atoms with E-state index in [2.05, 4.69) is 33.7 Å². The van der Waals surface area contributed by atoms with Gasteiger partial charge in [-0.3, -0.25) is 10.4 Å². The molecular weight excluding hydrogens is 294 g/mol. The highest BCUT2D eigenvalue weighted by molar-refractivity contribution is 8.14. The standard InChI is InChI=1S/C17H21N3OS/c1-3-12-6-7-14(9-13(12)4-1)16-11-22-17(20-19-16)18-10-15-5-2-8-21-15/h6-7,9,15H,1-5,8,10-11H2,(H,18,20). The average Bonchev–Trinajstić information content (AvgIpc) is 3.24. The topological polar surface area (TPSA) is 46.0 Å². The minimum absolute atomic E-state index is 0.303. The van der Waals surface area contributed by atoms with Gasteiger partial charge in [-0.15, -0.1) is 0 Å². The van der Waals surface area contributed by atoms with Crippen LogP contribution in [0.4, 0.5) is 0 Å². The first kappa shape index (κ1) is 14.3. The van der Waals surface area contributed by atoms with Gasteiger partial charge < -0.3 is 4.74 Å². The van der Waals surface area contributed by atoms with Crippen LogP contribution in [0.5, 0.6) is 0 Å². The summed E-state index contributed by atoms with van der Waals surface area (Å²) in [5.41, 5.74) is 8.49. The monoisotopic (exact) mass is 315 g/mol. The first-order valence-corrected chi connectivity index (χ1v) is 9.11. The Morgan fingerprint density at radius 1 is 1.27 bits per heavy atom. The number of nitrogens with zero attached hydrogens (tertiary/aromatic N) is 2. The van der Waals surface area contributed by atoms with E-state index in [1.54, 1.807) is 11.8 Å². The van der Waals surface area contributed by atoms with Gasteiger partial charge in [0, 0.05) is 12.4 Å². The molecule has 1 N–H and O–H groups in total. The molecule has 0 radical (unpaired) electrons. The number of fused-ring (bicyclic) bond motifs is 1. The van der Waals surface area contributed by atoms with E-state index in [4.69, 9.17) is 4.74 Å². The molecule has 0 amide bonds. The number of nitrogens with one attached hydrogen (secondary N) is 1. The highest BCUT2D eigenvalue weighted by Gasteiger charge is 2.18. The summed E-state index contributed by atoms with van der Waals surface area (Å²) in [7, 11) is 0. The number of hydrogen-bond acceptors (Lipinski definition) is 4. The molecule has 1 saturated heterocycles. The van der Waals surface area contributed by atoms with Crippen LogP contribution in [0, 0.1) is 0 Å². The predicted octanol–water partition coefficient (Wildman–Crippen LogP) is 2.75. The summed E-state index contributed by atoms with van der Waals surface area (Å²) < 4.78 is 5.60. The van der Waals surface area contributed by atoms with Gasteiger partial charge in [-0.05, 0) is 54.9 Å². The van der Waals surface area contributed by atoms with Crippen LogP contribution in [-0.4, -0.2) is 35.9 Å². The molecule has 2 heterocycles. The molecule has 1 aromatic rings. The third kappa shape index (κ3) is 3.06. The van der Waals surface area contributed by atoms with Crippen molar-refractivity contribution in [2.45, 2.75) is 38.2 Å².